The van der Waals surface area contributed by atoms with Crippen molar-refractivity contribution in [2.45, 2.75) is 0 Å². The van der Waals surface area contributed by atoms with Crippen LogP contribution >= 0.6 is 0 Å². The average molecular weight is 702 g/mol. The molecule has 0 bridgehead atoms. The average Bonchev–Trinajstić information content (AvgIpc) is 3.62. The Labute approximate surface area is 317 Å². The van der Waals surface area contributed by atoms with Crippen LogP contribution in [-0.4, -0.2) is 15.0 Å². The molecule has 0 fully saturated rings. The molecule has 2 aromatic heterocycles. The second-order valence-corrected chi connectivity index (χ2v) is 14.1. The SMILES string of the molecule is c1ccc(-c2ccc3cc(-c4nc(-c5ccc(-c6ccc7ccccc7c6)cc5)nc(-c5ccc6cc7c(cc6c5)oc5ccccc57)n4)ccc3c2)cc1. The predicted octanol–water partition coefficient (Wildman–Crippen LogP) is 13.6. The maximum Gasteiger partial charge on any atom is 0.164 e. The summed E-state index contributed by atoms with van der Waals surface area (Å²) in [4.78, 5) is 15.3. The summed E-state index contributed by atoms with van der Waals surface area (Å²) in [5.74, 6) is 1.86. The van der Waals surface area contributed by atoms with Crippen LogP contribution in [0.3, 0.4) is 0 Å². The van der Waals surface area contributed by atoms with E-state index in [-0.39, 0.29) is 0 Å². The van der Waals surface area contributed by atoms with Crippen LogP contribution in [0.1, 0.15) is 0 Å². The van der Waals surface area contributed by atoms with Gasteiger partial charge >= 0.3 is 0 Å². The van der Waals surface area contributed by atoms with E-state index in [9.17, 15) is 0 Å². The Morgan fingerprint density at radius 3 is 1.42 bits per heavy atom. The van der Waals surface area contributed by atoms with E-state index >= 15 is 0 Å². The predicted molar refractivity (Wildman–Crippen MR) is 227 cm³/mol. The Hall–Kier alpha value is -7.43. The molecule has 0 N–H and O–H groups in total. The molecule has 0 unspecified atom stereocenters. The minimum atomic E-state index is 0.615. The van der Waals surface area contributed by atoms with Crippen LogP contribution in [0.2, 0.25) is 0 Å². The van der Waals surface area contributed by atoms with Gasteiger partial charge in [0.25, 0.3) is 0 Å². The van der Waals surface area contributed by atoms with Gasteiger partial charge in [0.05, 0.1) is 0 Å². The molecule has 11 rings (SSSR count). The van der Waals surface area contributed by atoms with Crippen LogP contribution in [0.5, 0.6) is 0 Å². The molecule has 4 heteroatoms. The number of hydrogen-bond acceptors (Lipinski definition) is 4. The molecule has 0 saturated carbocycles. The molecular formula is C51H31N3O. The highest BCUT2D eigenvalue weighted by Gasteiger charge is 2.15. The summed E-state index contributed by atoms with van der Waals surface area (Å²) in [5, 5.41) is 9.16. The van der Waals surface area contributed by atoms with Crippen molar-refractivity contribution in [1.29, 1.82) is 0 Å². The Balaban J connectivity index is 1.03. The van der Waals surface area contributed by atoms with Crippen LogP contribution in [0.25, 0.3) is 111 Å². The Kier molecular flexibility index (Phi) is 7.14. The summed E-state index contributed by atoms with van der Waals surface area (Å²) in [6.45, 7) is 0. The standard InChI is InChI=1S/C51H31N3O/c1-2-8-32(9-3-1)37-20-21-40-28-42(24-22-39(40)27-37)50-52-49(35-17-14-34(15-18-35)38-19-16-33-10-4-5-11-36(33)26-38)53-51(54-50)43-25-23-41-30-46-45-12-6-7-13-47(45)55-48(46)31-44(41)29-43/h1-31H. The first-order chi connectivity index (χ1) is 27.2. The van der Waals surface area contributed by atoms with Gasteiger partial charge in [0.2, 0.25) is 0 Å². The topological polar surface area (TPSA) is 51.8 Å². The number of rotatable bonds is 5. The van der Waals surface area contributed by atoms with Gasteiger partial charge in [-0.2, -0.15) is 0 Å². The highest BCUT2D eigenvalue weighted by molar-refractivity contribution is 6.10. The monoisotopic (exact) mass is 701 g/mol. The van der Waals surface area contributed by atoms with Crippen molar-refractivity contribution in [1.82, 2.24) is 15.0 Å². The number of hydrogen-bond donors (Lipinski definition) is 0. The van der Waals surface area contributed by atoms with E-state index < -0.39 is 0 Å². The molecule has 4 nitrogen and oxygen atoms in total. The largest absolute Gasteiger partial charge is 0.456 e. The zero-order chi connectivity index (χ0) is 36.3. The van der Waals surface area contributed by atoms with E-state index in [0.717, 1.165) is 65.7 Å². The normalized spacial score (nSPS) is 11.6. The summed E-state index contributed by atoms with van der Waals surface area (Å²) in [6.07, 6.45) is 0. The van der Waals surface area contributed by atoms with Gasteiger partial charge < -0.3 is 4.42 Å². The van der Waals surface area contributed by atoms with Crippen molar-refractivity contribution in [3.8, 4) is 56.4 Å². The van der Waals surface area contributed by atoms with E-state index in [1.165, 1.54) is 27.5 Å². The number of para-hydroxylation sites is 1. The van der Waals surface area contributed by atoms with Crippen LogP contribution in [0, 0.1) is 0 Å². The summed E-state index contributed by atoms with van der Waals surface area (Å²) in [7, 11) is 0. The second kappa shape index (κ2) is 12.6. The van der Waals surface area contributed by atoms with Crippen molar-refractivity contribution in [3.05, 3.63) is 188 Å². The molecule has 0 saturated heterocycles. The molecule has 256 valence electrons. The Morgan fingerprint density at radius 2 is 0.709 bits per heavy atom. The maximum atomic E-state index is 6.25. The van der Waals surface area contributed by atoms with Gasteiger partial charge in [-0.3, -0.25) is 0 Å². The minimum absolute atomic E-state index is 0.615. The summed E-state index contributed by atoms with van der Waals surface area (Å²) < 4.78 is 6.25. The van der Waals surface area contributed by atoms with Gasteiger partial charge in [0, 0.05) is 27.5 Å². The summed E-state index contributed by atoms with van der Waals surface area (Å²) in [6, 6.07) is 66.0. The van der Waals surface area contributed by atoms with Crippen LogP contribution in [0.4, 0.5) is 0 Å². The minimum Gasteiger partial charge on any atom is -0.456 e. The number of benzene rings is 9. The molecule has 0 radical (unpaired) electrons. The van der Waals surface area contributed by atoms with Gasteiger partial charge in [-0.25, -0.2) is 15.0 Å². The number of nitrogens with zero attached hydrogens (tertiary/aromatic N) is 3. The van der Waals surface area contributed by atoms with Gasteiger partial charge in [0.15, 0.2) is 17.5 Å². The van der Waals surface area contributed by atoms with E-state index in [4.69, 9.17) is 19.4 Å². The molecule has 0 spiro atoms. The fourth-order valence-electron chi connectivity index (χ4n) is 7.75. The summed E-state index contributed by atoms with van der Waals surface area (Å²) >= 11 is 0. The lowest BCUT2D eigenvalue weighted by Crippen LogP contribution is -2.00. The van der Waals surface area contributed by atoms with E-state index in [2.05, 4.69) is 170 Å². The second-order valence-electron chi connectivity index (χ2n) is 14.1. The van der Waals surface area contributed by atoms with Gasteiger partial charge in [-0.1, -0.05) is 146 Å². The number of furan rings is 1. The molecule has 11 aromatic rings. The quantitative estimate of drug-likeness (QED) is 0.179. The van der Waals surface area contributed by atoms with Crippen LogP contribution < -0.4 is 0 Å². The molecule has 0 aliphatic rings. The fraction of sp³-hybridized carbons (Fsp3) is 0. The number of aromatic nitrogens is 3. The molecular weight excluding hydrogens is 671 g/mol. The molecule has 0 aliphatic carbocycles. The van der Waals surface area contributed by atoms with Crippen molar-refractivity contribution >= 4 is 54.3 Å². The van der Waals surface area contributed by atoms with Gasteiger partial charge in [-0.05, 0) is 97.0 Å². The van der Waals surface area contributed by atoms with Crippen molar-refractivity contribution in [2.24, 2.45) is 0 Å². The Morgan fingerprint density at radius 1 is 0.255 bits per heavy atom. The van der Waals surface area contributed by atoms with Crippen molar-refractivity contribution in [2.75, 3.05) is 0 Å². The maximum absolute atomic E-state index is 6.25. The van der Waals surface area contributed by atoms with Crippen molar-refractivity contribution < 1.29 is 4.42 Å². The molecule has 0 atom stereocenters. The Bertz CT molecular complexity index is 3260. The lowest BCUT2D eigenvalue weighted by Gasteiger charge is -2.11. The molecule has 9 aromatic carbocycles. The summed E-state index contributed by atoms with van der Waals surface area (Å²) in [5.41, 5.74) is 9.21. The third-order valence-electron chi connectivity index (χ3n) is 10.7. The zero-order valence-corrected chi connectivity index (χ0v) is 29.6. The van der Waals surface area contributed by atoms with Gasteiger partial charge in [-0.15, -0.1) is 0 Å². The first-order valence-corrected chi connectivity index (χ1v) is 18.5. The first kappa shape index (κ1) is 31.1. The van der Waals surface area contributed by atoms with Crippen LogP contribution in [-0.2, 0) is 0 Å². The van der Waals surface area contributed by atoms with Gasteiger partial charge in [0.1, 0.15) is 11.2 Å². The van der Waals surface area contributed by atoms with E-state index in [0.29, 0.717) is 17.5 Å². The van der Waals surface area contributed by atoms with E-state index in [1.807, 2.05) is 18.2 Å². The van der Waals surface area contributed by atoms with Crippen molar-refractivity contribution in [3.63, 3.8) is 0 Å². The highest BCUT2D eigenvalue weighted by atomic mass is 16.3. The first-order valence-electron chi connectivity index (χ1n) is 18.5. The third-order valence-corrected chi connectivity index (χ3v) is 10.7. The highest BCUT2D eigenvalue weighted by Crippen LogP contribution is 2.35. The smallest absolute Gasteiger partial charge is 0.164 e. The lowest BCUT2D eigenvalue weighted by atomic mass is 9.99. The molecule has 2 heterocycles. The lowest BCUT2D eigenvalue weighted by molar-refractivity contribution is 0.669. The molecule has 55 heavy (non-hydrogen) atoms. The fourth-order valence-corrected chi connectivity index (χ4v) is 7.75. The third kappa shape index (κ3) is 5.60. The van der Waals surface area contributed by atoms with Crippen LogP contribution in [0.15, 0.2) is 192 Å². The molecule has 0 amide bonds. The zero-order valence-electron chi connectivity index (χ0n) is 29.6. The number of fused-ring (bicyclic) bond motifs is 6. The van der Waals surface area contributed by atoms with E-state index in [1.54, 1.807) is 0 Å². The molecule has 0 aliphatic heterocycles.